The molecule has 192 valence electrons. The molecule has 2 rings (SSSR count). The Kier molecular flexibility index (Phi) is 11.9. The number of ether oxygens (including phenoxy) is 3. The van der Waals surface area contributed by atoms with E-state index in [2.05, 4.69) is 15.0 Å². The van der Waals surface area contributed by atoms with Gasteiger partial charge in [0.1, 0.15) is 6.61 Å². The van der Waals surface area contributed by atoms with Gasteiger partial charge in [0, 0.05) is 30.9 Å². The Bertz CT molecular complexity index is 975. The maximum Gasteiger partial charge on any atom is 0.387 e. The van der Waals surface area contributed by atoms with Crippen molar-refractivity contribution in [3.8, 4) is 11.5 Å². The van der Waals surface area contributed by atoms with E-state index in [4.69, 9.17) is 32.7 Å². The minimum atomic E-state index is -3.06. The average molecular weight is 534 g/mol. The molecule has 0 bridgehead atoms. The summed E-state index contributed by atoms with van der Waals surface area (Å²) in [6.07, 6.45) is 4.73. The third kappa shape index (κ3) is 10.2. The maximum absolute atomic E-state index is 12.8. The summed E-state index contributed by atoms with van der Waals surface area (Å²) in [7, 11) is 3.78. The van der Waals surface area contributed by atoms with Gasteiger partial charge in [0.05, 0.1) is 22.3 Å². The summed E-state index contributed by atoms with van der Waals surface area (Å²) in [6, 6.07) is 3.82. The van der Waals surface area contributed by atoms with Crippen LogP contribution in [-0.4, -0.2) is 62.2 Å². The number of aromatic nitrogens is 1. The molecule has 0 radical (unpaired) electrons. The van der Waals surface area contributed by atoms with E-state index in [1.54, 1.807) is 0 Å². The van der Waals surface area contributed by atoms with Crippen LogP contribution in [0.5, 0.6) is 11.5 Å². The van der Waals surface area contributed by atoms with Gasteiger partial charge in [-0.2, -0.15) is 8.78 Å². The fourth-order valence-corrected chi connectivity index (χ4v) is 3.28. The summed E-state index contributed by atoms with van der Waals surface area (Å²) in [4.78, 5) is 30.1. The number of rotatable bonds is 14. The molecule has 0 saturated carbocycles. The SMILES string of the molecule is CN(C)CCOC(=O)CCCCCOc1cc(C(=O)Nc2c(Cl)cncc2Cl)ccc1OC(F)F. The van der Waals surface area contributed by atoms with Gasteiger partial charge in [0.2, 0.25) is 0 Å². The van der Waals surface area contributed by atoms with Crippen LogP contribution < -0.4 is 14.8 Å². The number of anilines is 1. The molecular formula is C23H27Cl2F2N3O5. The number of amides is 1. The average Bonchev–Trinajstić information content (AvgIpc) is 2.78. The van der Waals surface area contributed by atoms with Gasteiger partial charge in [-0.15, -0.1) is 0 Å². The van der Waals surface area contributed by atoms with E-state index in [0.29, 0.717) is 32.4 Å². The van der Waals surface area contributed by atoms with Crippen molar-refractivity contribution in [3.63, 3.8) is 0 Å². The van der Waals surface area contributed by atoms with Crippen LogP contribution >= 0.6 is 23.2 Å². The van der Waals surface area contributed by atoms with Crippen molar-refractivity contribution in [3.05, 3.63) is 46.2 Å². The van der Waals surface area contributed by atoms with Crippen LogP contribution in [0.1, 0.15) is 36.0 Å². The Hall–Kier alpha value is -2.69. The summed E-state index contributed by atoms with van der Waals surface area (Å²) >= 11 is 12.0. The van der Waals surface area contributed by atoms with E-state index < -0.39 is 12.5 Å². The molecule has 0 spiro atoms. The Morgan fingerprint density at radius 3 is 2.43 bits per heavy atom. The standard InChI is InChI=1S/C23H27Cl2F2N3O5/c1-30(2)9-11-34-20(31)6-4-3-5-10-33-19-12-15(7-8-18(19)35-23(26)27)22(32)29-21-16(24)13-28-14-17(21)25/h7-8,12-14,23H,3-6,9-11H2,1-2H3,(H,28,29,32). The highest BCUT2D eigenvalue weighted by Crippen LogP contribution is 2.32. The van der Waals surface area contributed by atoms with Crippen LogP contribution in [0.15, 0.2) is 30.6 Å². The van der Waals surface area contributed by atoms with Gasteiger partial charge in [0.25, 0.3) is 5.91 Å². The third-order valence-electron chi connectivity index (χ3n) is 4.60. The quantitative estimate of drug-likeness (QED) is 0.260. The molecule has 0 atom stereocenters. The van der Waals surface area contributed by atoms with Gasteiger partial charge in [-0.3, -0.25) is 14.6 Å². The monoisotopic (exact) mass is 533 g/mol. The Labute approximate surface area is 212 Å². The zero-order valence-electron chi connectivity index (χ0n) is 19.4. The lowest BCUT2D eigenvalue weighted by Crippen LogP contribution is -2.20. The van der Waals surface area contributed by atoms with Crippen molar-refractivity contribution in [1.29, 1.82) is 0 Å². The zero-order valence-corrected chi connectivity index (χ0v) is 20.9. The summed E-state index contributed by atoms with van der Waals surface area (Å²) < 4.78 is 40.8. The highest BCUT2D eigenvalue weighted by Gasteiger charge is 2.17. The molecule has 0 aliphatic heterocycles. The Balaban J connectivity index is 1.91. The molecule has 1 amide bonds. The molecule has 12 heteroatoms. The molecule has 0 aliphatic rings. The first-order valence-electron chi connectivity index (χ1n) is 10.8. The van der Waals surface area contributed by atoms with Gasteiger partial charge in [-0.05, 0) is 51.6 Å². The first kappa shape index (κ1) is 28.5. The highest BCUT2D eigenvalue weighted by molar-refractivity contribution is 6.39. The molecule has 2 aromatic rings. The van der Waals surface area contributed by atoms with E-state index in [9.17, 15) is 18.4 Å². The van der Waals surface area contributed by atoms with Crippen LogP contribution in [0.2, 0.25) is 10.0 Å². The van der Waals surface area contributed by atoms with Crippen molar-refractivity contribution in [2.24, 2.45) is 0 Å². The lowest BCUT2D eigenvalue weighted by Gasteiger charge is -2.14. The first-order valence-corrected chi connectivity index (χ1v) is 11.5. The van der Waals surface area contributed by atoms with Crippen LogP contribution in [-0.2, 0) is 9.53 Å². The van der Waals surface area contributed by atoms with Gasteiger partial charge in [-0.1, -0.05) is 23.2 Å². The van der Waals surface area contributed by atoms with Crippen LogP contribution in [0.3, 0.4) is 0 Å². The molecule has 1 aromatic carbocycles. The third-order valence-corrected chi connectivity index (χ3v) is 5.17. The molecule has 35 heavy (non-hydrogen) atoms. The second-order valence-corrected chi connectivity index (χ2v) is 8.47. The van der Waals surface area contributed by atoms with Gasteiger partial charge < -0.3 is 24.4 Å². The summed E-state index contributed by atoms with van der Waals surface area (Å²) in [5, 5.41) is 2.84. The number of carbonyl (C=O) groups is 2. The number of hydrogen-bond donors (Lipinski definition) is 1. The van der Waals surface area contributed by atoms with E-state index in [-0.39, 0.29) is 51.8 Å². The Morgan fingerprint density at radius 2 is 1.77 bits per heavy atom. The van der Waals surface area contributed by atoms with Gasteiger partial charge in [-0.25, -0.2) is 0 Å². The predicted octanol–water partition coefficient (Wildman–Crippen LogP) is 5.29. The zero-order chi connectivity index (χ0) is 25.8. The molecule has 1 heterocycles. The van der Waals surface area contributed by atoms with Gasteiger partial charge >= 0.3 is 12.6 Å². The van der Waals surface area contributed by atoms with Crippen LogP contribution in [0.25, 0.3) is 0 Å². The van der Waals surface area contributed by atoms with E-state index in [0.717, 1.165) is 0 Å². The minimum absolute atomic E-state index is 0.0204. The van der Waals surface area contributed by atoms with E-state index in [1.807, 2.05) is 19.0 Å². The number of nitrogens with one attached hydrogen (secondary N) is 1. The molecule has 0 saturated heterocycles. The molecule has 1 N–H and O–H groups in total. The number of likely N-dealkylation sites (N-methyl/N-ethyl adjacent to an activating group) is 1. The van der Waals surface area contributed by atoms with Crippen molar-refractivity contribution >= 4 is 40.8 Å². The summed E-state index contributed by atoms with van der Waals surface area (Å²) in [6.45, 7) is -1.90. The van der Waals surface area contributed by atoms with E-state index in [1.165, 1.54) is 30.6 Å². The minimum Gasteiger partial charge on any atom is -0.490 e. The predicted molar refractivity (Wildman–Crippen MR) is 129 cm³/mol. The van der Waals surface area contributed by atoms with E-state index >= 15 is 0 Å². The molecular weight excluding hydrogens is 507 g/mol. The smallest absolute Gasteiger partial charge is 0.387 e. The largest absolute Gasteiger partial charge is 0.490 e. The van der Waals surface area contributed by atoms with Crippen molar-refractivity contribution in [1.82, 2.24) is 9.88 Å². The second kappa shape index (κ2) is 14.7. The second-order valence-electron chi connectivity index (χ2n) is 7.66. The topological polar surface area (TPSA) is 90.0 Å². The van der Waals surface area contributed by atoms with Crippen LogP contribution in [0, 0.1) is 0 Å². The number of hydrogen-bond acceptors (Lipinski definition) is 7. The summed E-state index contributed by atoms with van der Waals surface area (Å²) in [5.41, 5.74) is 0.287. The number of unbranched alkanes of at least 4 members (excludes halogenated alkanes) is 2. The number of pyridine rings is 1. The molecule has 8 nitrogen and oxygen atoms in total. The Morgan fingerprint density at radius 1 is 1.06 bits per heavy atom. The fraction of sp³-hybridized carbons (Fsp3) is 0.435. The molecule has 1 aromatic heterocycles. The molecule has 0 aliphatic carbocycles. The molecule has 0 unspecified atom stereocenters. The van der Waals surface area contributed by atoms with Crippen LogP contribution in [0.4, 0.5) is 14.5 Å². The number of benzene rings is 1. The number of esters is 1. The normalized spacial score (nSPS) is 11.0. The van der Waals surface area contributed by atoms with Gasteiger partial charge in [0.15, 0.2) is 11.5 Å². The fourth-order valence-electron chi connectivity index (χ4n) is 2.82. The lowest BCUT2D eigenvalue weighted by molar-refractivity contribution is -0.144. The van der Waals surface area contributed by atoms with Crippen molar-refractivity contribution in [2.75, 3.05) is 39.2 Å². The van der Waals surface area contributed by atoms with Crippen molar-refractivity contribution < 1.29 is 32.6 Å². The van der Waals surface area contributed by atoms with Crippen molar-refractivity contribution in [2.45, 2.75) is 32.3 Å². The molecule has 0 fully saturated rings. The number of halogens is 4. The number of carbonyl (C=O) groups excluding carboxylic acids is 2. The summed E-state index contributed by atoms with van der Waals surface area (Å²) in [5.74, 6) is -1.08. The lowest BCUT2D eigenvalue weighted by atomic mass is 10.1. The first-order chi connectivity index (χ1) is 16.7. The highest BCUT2D eigenvalue weighted by atomic mass is 35.5. The number of alkyl halides is 2. The maximum atomic E-state index is 12.8. The number of nitrogens with zero attached hydrogens (tertiary/aromatic N) is 2.